The summed E-state index contributed by atoms with van der Waals surface area (Å²) in [7, 11) is 0. The van der Waals surface area contributed by atoms with Gasteiger partial charge in [-0.2, -0.15) is 0 Å². The summed E-state index contributed by atoms with van der Waals surface area (Å²) in [5.74, 6) is -0.145. The van der Waals surface area contributed by atoms with Crippen LogP contribution in [0.2, 0.25) is 0 Å². The Kier molecular flexibility index (Phi) is 6.49. The fourth-order valence-corrected chi connectivity index (χ4v) is 1.54. The van der Waals surface area contributed by atoms with E-state index >= 15 is 0 Å². The molecule has 0 aromatic carbocycles. The molecular formula is C9H16ClN2O2-. The van der Waals surface area contributed by atoms with E-state index in [9.17, 15) is 4.79 Å². The number of halogens is 1. The first-order valence-electron chi connectivity index (χ1n) is 4.68. The van der Waals surface area contributed by atoms with Crippen molar-refractivity contribution in [3.63, 3.8) is 0 Å². The Bertz CT molecular complexity index is 213. The van der Waals surface area contributed by atoms with Gasteiger partial charge < -0.3 is 17.6 Å². The second-order valence-electron chi connectivity index (χ2n) is 3.44. The van der Waals surface area contributed by atoms with Gasteiger partial charge in [-0.25, -0.2) is 0 Å². The highest BCUT2D eigenvalue weighted by molar-refractivity contribution is 6.39. The van der Waals surface area contributed by atoms with Crippen molar-refractivity contribution in [2.45, 2.75) is 26.2 Å². The van der Waals surface area contributed by atoms with Gasteiger partial charge in [0, 0.05) is 13.5 Å². The minimum Gasteiger partial charge on any atom is -1.00 e. The van der Waals surface area contributed by atoms with E-state index in [0.717, 1.165) is 13.1 Å². The predicted octanol–water partition coefficient (Wildman–Crippen LogP) is -2.10. The first-order valence-corrected chi connectivity index (χ1v) is 4.68. The Morgan fingerprint density at radius 2 is 1.93 bits per heavy atom. The molecule has 0 atom stereocenters. The second-order valence-corrected chi connectivity index (χ2v) is 3.44. The summed E-state index contributed by atoms with van der Waals surface area (Å²) in [6.45, 7) is 3.93. The second kappa shape index (κ2) is 6.79. The number of nitrogens with zero attached hydrogens (tertiary/aromatic N) is 2. The van der Waals surface area contributed by atoms with Crippen LogP contribution in [0.5, 0.6) is 0 Å². The highest BCUT2D eigenvalue weighted by Crippen LogP contribution is 2.08. The largest absolute Gasteiger partial charge is 1.00 e. The Balaban J connectivity index is 0.00000169. The molecule has 0 spiro atoms. The first-order chi connectivity index (χ1) is 6.24. The van der Waals surface area contributed by atoms with E-state index in [4.69, 9.17) is 5.21 Å². The lowest BCUT2D eigenvalue weighted by molar-refractivity contribution is -0.111. The fraction of sp³-hybridized carbons (Fsp3) is 0.778. The molecule has 0 bridgehead atoms. The quantitative estimate of drug-likeness (QED) is 0.336. The Morgan fingerprint density at radius 1 is 1.36 bits per heavy atom. The number of hydrogen-bond donors (Lipinski definition) is 1. The van der Waals surface area contributed by atoms with Crippen molar-refractivity contribution in [1.82, 2.24) is 4.90 Å². The van der Waals surface area contributed by atoms with Gasteiger partial charge in [0.15, 0.2) is 5.78 Å². The lowest BCUT2D eigenvalue weighted by Crippen LogP contribution is -3.00. The van der Waals surface area contributed by atoms with Crippen LogP contribution in [0.15, 0.2) is 5.16 Å². The predicted molar refractivity (Wildman–Crippen MR) is 50.2 cm³/mol. The van der Waals surface area contributed by atoms with Crippen molar-refractivity contribution in [3.8, 4) is 0 Å². The molecule has 0 aromatic heterocycles. The summed E-state index contributed by atoms with van der Waals surface area (Å²) in [5, 5.41) is 11.6. The van der Waals surface area contributed by atoms with Crippen LogP contribution >= 0.6 is 0 Å². The van der Waals surface area contributed by atoms with Gasteiger partial charge in [0.05, 0.1) is 0 Å². The molecule has 14 heavy (non-hydrogen) atoms. The summed E-state index contributed by atoms with van der Waals surface area (Å²) >= 11 is 0. The third kappa shape index (κ3) is 4.07. The average Bonchev–Trinajstić information content (AvgIpc) is 2.15. The van der Waals surface area contributed by atoms with Gasteiger partial charge in [0.25, 0.3) is 0 Å². The van der Waals surface area contributed by atoms with Crippen LogP contribution in [0.4, 0.5) is 0 Å². The van der Waals surface area contributed by atoms with Gasteiger partial charge in [-0.3, -0.25) is 9.69 Å². The monoisotopic (exact) mass is 219 g/mol. The zero-order valence-corrected chi connectivity index (χ0v) is 9.13. The molecule has 4 nitrogen and oxygen atoms in total. The van der Waals surface area contributed by atoms with Gasteiger partial charge in [0.2, 0.25) is 0 Å². The molecular weight excluding hydrogens is 204 g/mol. The van der Waals surface area contributed by atoms with E-state index < -0.39 is 0 Å². The van der Waals surface area contributed by atoms with Crippen LogP contribution in [0.3, 0.4) is 0 Å². The highest BCUT2D eigenvalue weighted by Gasteiger charge is 2.15. The van der Waals surface area contributed by atoms with Crippen LogP contribution in [0.1, 0.15) is 26.2 Å². The number of likely N-dealkylation sites (tertiary alicyclic amines) is 1. The number of piperidine rings is 1. The van der Waals surface area contributed by atoms with Crippen molar-refractivity contribution in [3.05, 3.63) is 0 Å². The molecule has 1 saturated heterocycles. The normalized spacial score (nSPS) is 18.8. The molecule has 0 aromatic rings. The summed E-state index contributed by atoms with van der Waals surface area (Å²) in [6, 6.07) is 0. The number of carbonyl (C=O) groups excluding carboxylic acids is 1. The number of ketones is 1. The van der Waals surface area contributed by atoms with E-state index in [2.05, 4.69) is 10.1 Å². The average molecular weight is 220 g/mol. The Morgan fingerprint density at radius 3 is 2.36 bits per heavy atom. The number of carbonyl (C=O) groups is 1. The SMILES string of the molecule is CC(=O)C(CN1CCCCC1)=NO.[Cl-]. The topological polar surface area (TPSA) is 52.9 Å². The molecule has 0 unspecified atom stereocenters. The van der Waals surface area contributed by atoms with E-state index in [0.29, 0.717) is 6.54 Å². The Labute approximate surface area is 90.4 Å². The third-order valence-corrected chi connectivity index (χ3v) is 2.35. The highest BCUT2D eigenvalue weighted by atomic mass is 35.5. The molecule has 1 fully saturated rings. The number of hydrogen-bond acceptors (Lipinski definition) is 4. The molecule has 0 aliphatic carbocycles. The lowest BCUT2D eigenvalue weighted by Gasteiger charge is -2.25. The van der Waals surface area contributed by atoms with Crippen LogP contribution in [-0.2, 0) is 4.79 Å². The van der Waals surface area contributed by atoms with Crippen molar-refractivity contribution in [2.24, 2.45) is 5.16 Å². The van der Waals surface area contributed by atoms with Gasteiger partial charge in [-0.15, -0.1) is 0 Å². The maximum absolute atomic E-state index is 10.9. The molecule has 1 heterocycles. The molecule has 5 heteroatoms. The number of Topliss-reactive ketones (excluding diaryl/α,β-unsaturated/α-hetero) is 1. The fourth-order valence-electron chi connectivity index (χ4n) is 1.54. The maximum atomic E-state index is 10.9. The number of oxime groups is 1. The van der Waals surface area contributed by atoms with E-state index in [-0.39, 0.29) is 23.9 Å². The van der Waals surface area contributed by atoms with Crippen molar-refractivity contribution in [1.29, 1.82) is 0 Å². The van der Waals surface area contributed by atoms with E-state index in [1.807, 2.05) is 0 Å². The van der Waals surface area contributed by atoms with Crippen LogP contribution < -0.4 is 12.4 Å². The van der Waals surface area contributed by atoms with Gasteiger partial charge >= 0.3 is 0 Å². The van der Waals surface area contributed by atoms with E-state index in [1.165, 1.54) is 26.2 Å². The van der Waals surface area contributed by atoms with Crippen molar-refractivity contribution in [2.75, 3.05) is 19.6 Å². The maximum Gasteiger partial charge on any atom is 0.178 e. The summed E-state index contributed by atoms with van der Waals surface area (Å²) in [4.78, 5) is 13.1. The minimum atomic E-state index is -0.145. The zero-order valence-electron chi connectivity index (χ0n) is 8.37. The van der Waals surface area contributed by atoms with Gasteiger partial charge in [-0.1, -0.05) is 11.6 Å². The van der Waals surface area contributed by atoms with Crippen LogP contribution in [0, 0.1) is 0 Å². The van der Waals surface area contributed by atoms with Crippen LogP contribution in [0.25, 0.3) is 0 Å². The lowest BCUT2D eigenvalue weighted by atomic mass is 10.1. The summed E-state index contributed by atoms with van der Waals surface area (Å²) in [6.07, 6.45) is 3.62. The molecule has 1 aliphatic heterocycles. The van der Waals surface area contributed by atoms with Gasteiger partial charge in [-0.05, 0) is 25.9 Å². The molecule has 1 aliphatic rings. The van der Waals surface area contributed by atoms with Crippen molar-refractivity contribution >= 4 is 11.5 Å². The molecule has 1 rings (SSSR count). The van der Waals surface area contributed by atoms with Gasteiger partial charge in [0.1, 0.15) is 5.71 Å². The third-order valence-electron chi connectivity index (χ3n) is 2.35. The summed E-state index contributed by atoms with van der Waals surface area (Å²) < 4.78 is 0. The van der Waals surface area contributed by atoms with Crippen LogP contribution in [-0.4, -0.2) is 41.2 Å². The molecule has 1 N–H and O–H groups in total. The Hall–Kier alpha value is -0.610. The standard InChI is InChI=1S/C9H16N2O2.ClH/c1-8(12)9(10-13)7-11-5-3-2-4-6-11;/h13H,2-7H2,1H3;1H/p-1. The first kappa shape index (κ1) is 13.4. The molecule has 0 amide bonds. The zero-order chi connectivity index (χ0) is 9.68. The molecule has 82 valence electrons. The number of rotatable bonds is 3. The minimum absolute atomic E-state index is 0. The molecule has 0 radical (unpaired) electrons. The molecule has 0 saturated carbocycles. The smallest absolute Gasteiger partial charge is 0.178 e. The summed E-state index contributed by atoms with van der Waals surface area (Å²) in [5.41, 5.74) is 0.266. The van der Waals surface area contributed by atoms with Crippen molar-refractivity contribution < 1.29 is 22.4 Å². The van der Waals surface area contributed by atoms with E-state index in [1.54, 1.807) is 0 Å².